The Bertz CT molecular complexity index is 467. The minimum Gasteiger partial charge on any atom is -0.423 e. The summed E-state index contributed by atoms with van der Waals surface area (Å²) in [7, 11) is -0.143. The molecule has 102 valence electrons. The molecular formula is C12H13BF3NO2. The van der Waals surface area contributed by atoms with Crippen molar-refractivity contribution in [2.45, 2.75) is 12.6 Å². The van der Waals surface area contributed by atoms with Crippen LogP contribution < -0.4 is 0 Å². The van der Waals surface area contributed by atoms with Crippen molar-refractivity contribution in [1.82, 2.24) is 0 Å². The number of aliphatic imine (C=N–C) groups is 1. The summed E-state index contributed by atoms with van der Waals surface area (Å²) in [5.41, 5.74) is 0.0728. The molecule has 0 radical (unpaired) electrons. The van der Waals surface area contributed by atoms with Crippen LogP contribution in [0.3, 0.4) is 0 Å². The third kappa shape index (κ3) is 4.88. The second-order valence-electron chi connectivity index (χ2n) is 3.89. The summed E-state index contributed by atoms with van der Waals surface area (Å²) in [5.74, 6) is 0. The highest BCUT2D eigenvalue weighted by atomic mass is 19.4. The molecule has 0 saturated heterocycles. The van der Waals surface area contributed by atoms with Gasteiger partial charge in [-0.2, -0.15) is 13.2 Å². The maximum Gasteiger partial charge on any atom is 0.484 e. The molecule has 3 nitrogen and oxygen atoms in total. The quantitative estimate of drug-likeness (QED) is 0.649. The lowest BCUT2D eigenvalue weighted by molar-refractivity contribution is -0.137. The van der Waals surface area contributed by atoms with Crippen molar-refractivity contribution in [3.8, 4) is 0 Å². The summed E-state index contributed by atoms with van der Waals surface area (Å²) in [6.45, 7) is 0. The highest BCUT2D eigenvalue weighted by Crippen LogP contribution is 2.29. The Morgan fingerprint density at radius 2 is 1.84 bits per heavy atom. The van der Waals surface area contributed by atoms with Crippen LogP contribution in [0.15, 0.2) is 40.8 Å². The van der Waals surface area contributed by atoms with Gasteiger partial charge < -0.3 is 10.0 Å². The molecule has 0 aliphatic rings. The Morgan fingerprint density at radius 3 is 2.26 bits per heavy atom. The number of nitrogens with zero attached hydrogens (tertiary/aromatic N) is 1. The number of hydrogen-bond donors (Lipinski definition) is 2. The molecule has 0 atom stereocenters. The summed E-state index contributed by atoms with van der Waals surface area (Å²) in [6.07, 6.45) is -1.43. The monoisotopic (exact) mass is 271 g/mol. The summed E-state index contributed by atoms with van der Waals surface area (Å²) in [5, 5.41) is 18.3. The number of benzene rings is 1. The summed E-state index contributed by atoms with van der Waals surface area (Å²) in [4.78, 5) is 3.67. The average Bonchev–Trinajstić information content (AvgIpc) is 2.33. The van der Waals surface area contributed by atoms with Gasteiger partial charge in [0.05, 0.1) is 5.56 Å². The molecule has 0 heterocycles. The van der Waals surface area contributed by atoms with Crippen LogP contribution in [0.1, 0.15) is 11.1 Å². The second kappa shape index (κ2) is 6.54. The molecule has 0 amide bonds. The number of allylic oxidation sites excluding steroid dienone is 2. The van der Waals surface area contributed by atoms with Gasteiger partial charge in [0.15, 0.2) is 0 Å². The van der Waals surface area contributed by atoms with E-state index in [0.717, 1.165) is 12.1 Å². The lowest BCUT2D eigenvalue weighted by Crippen LogP contribution is -2.17. The molecule has 0 spiro atoms. The van der Waals surface area contributed by atoms with Crippen LogP contribution >= 0.6 is 0 Å². The first-order valence-corrected chi connectivity index (χ1v) is 5.48. The van der Waals surface area contributed by atoms with E-state index < -0.39 is 18.9 Å². The van der Waals surface area contributed by atoms with Gasteiger partial charge in [-0.25, -0.2) is 0 Å². The molecule has 0 aliphatic carbocycles. The van der Waals surface area contributed by atoms with Crippen molar-refractivity contribution >= 4 is 13.3 Å². The van der Waals surface area contributed by atoms with Gasteiger partial charge in [0.1, 0.15) is 0 Å². The second-order valence-corrected chi connectivity index (χ2v) is 3.89. The Kier molecular flexibility index (Phi) is 5.32. The van der Waals surface area contributed by atoms with Crippen molar-refractivity contribution in [2.24, 2.45) is 4.99 Å². The van der Waals surface area contributed by atoms with Crippen molar-refractivity contribution in [2.75, 3.05) is 7.05 Å². The molecule has 0 aromatic heterocycles. The summed E-state index contributed by atoms with van der Waals surface area (Å²) >= 11 is 0. The number of hydrogen-bond acceptors (Lipinski definition) is 3. The molecular weight excluding hydrogens is 258 g/mol. The first-order chi connectivity index (χ1) is 8.84. The number of alkyl halides is 3. The van der Waals surface area contributed by atoms with Gasteiger partial charge in [-0.05, 0) is 35.7 Å². The first-order valence-electron chi connectivity index (χ1n) is 5.48. The Labute approximate surface area is 109 Å². The Morgan fingerprint density at radius 1 is 1.26 bits per heavy atom. The van der Waals surface area contributed by atoms with Gasteiger partial charge in [0, 0.05) is 13.3 Å². The van der Waals surface area contributed by atoms with E-state index in [9.17, 15) is 13.2 Å². The average molecular weight is 271 g/mol. The predicted molar refractivity (Wildman–Crippen MR) is 67.8 cm³/mol. The normalized spacial score (nSPS) is 13.1. The van der Waals surface area contributed by atoms with Crippen LogP contribution in [0.5, 0.6) is 0 Å². The predicted octanol–water partition coefficient (Wildman–Crippen LogP) is 1.89. The van der Waals surface area contributed by atoms with E-state index in [0.29, 0.717) is 5.56 Å². The molecule has 1 rings (SSSR count). The number of halogens is 3. The highest BCUT2D eigenvalue weighted by molar-refractivity contribution is 6.51. The van der Waals surface area contributed by atoms with Gasteiger partial charge in [0.25, 0.3) is 0 Å². The van der Waals surface area contributed by atoms with Crippen molar-refractivity contribution in [3.63, 3.8) is 0 Å². The van der Waals surface area contributed by atoms with Crippen molar-refractivity contribution in [3.05, 3.63) is 46.9 Å². The SMILES string of the molecule is CN=C/C=C(\Cc1ccc(C(F)(F)F)cc1)B(O)O. The lowest BCUT2D eigenvalue weighted by atomic mass is 9.75. The summed E-state index contributed by atoms with van der Waals surface area (Å²) in [6, 6.07) is 4.54. The fourth-order valence-electron chi connectivity index (χ4n) is 1.45. The van der Waals surface area contributed by atoms with Crippen LogP contribution in [0.2, 0.25) is 0 Å². The van der Waals surface area contributed by atoms with Gasteiger partial charge in [-0.3, -0.25) is 4.99 Å². The standard InChI is InChI=1S/C12H13BF3NO2/c1-17-7-6-11(13(18)19)8-9-2-4-10(5-3-9)12(14,15)16/h2-7,18-19H,8H2,1H3/b11-6+,17-7?. The molecule has 0 aliphatic heterocycles. The van der Waals surface area contributed by atoms with E-state index in [2.05, 4.69) is 4.99 Å². The zero-order valence-corrected chi connectivity index (χ0v) is 10.2. The van der Waals surface area contributed by atoms with E-state index in [4.69, 9.17) is 10.0 Å². The molecule has 0 unspecified atom stereocenters. The minimum absolute atomic E-state index is 0.141. The first kappa shape index (κ1) is 15.5. The maximum atomic E-state index is 12.4. The van der Waals surface area contributed by atoms with E-state index >= 15 is 0 Å². The van der Waals surface area contributed by atoms with Crippen LogP contribution in [-0.4, -0.2) is 30.4 Å². The van der Waals surface area contributed by atoms with Crippen LogP contribution in [0.25, 0.3) is 0 Å². The fraction of sp³-hybridized carbons (Fsp3) is 0.250. The third-order valence-electron chi connectivity index (χ3n) is 2.46. The van der Waals surface area contributed by atoms with E-state index in [1.807, 2.05) is 0 Å². The fourth-order valence-corrected chi connectivity index (χ4v) is 1.45. The van der Waals surface area contributed by atoms with Gasteiger partial charge in [-0.15, -0.1) is 0 Å². The van der Waals surface area contributed by atoms with Crippen LogP contribution in [0.4, 0.5) is 13.2 Å². The molecule has 19 heavy (non-hydrogen) atoms. The van der Waals surface area contributed by atoms with E-state index in [-0.39, 0.29) is 11.9 Å². The van der Waals surface area contributed by atoms with Gasteiger partial charge in [-0.1, -0.05) is 12.1 Å². The largest absolute Gasteiger partial charge is 0.484 e. The Hall–Kier alpha value is -1.60. The molecule has 7 heteroatoms. The van der Waals surface area contributed by atoms with Crippen LogP contribution in [-0.2, 0) is 12.6 Å². The van der Waals surface area contributed by atoms with Gasteiger partial charge >= 0.3 is 13.3 Å². The highest BCUT2D eigenvalue weighted by Gasteiger charge is 2.30. The molecule has 0 fully saturated rings. The Balaban J connectivity index is 2.87. The zero-order valence-electron chi connectivity index (χ0n) is 10.2. The molecule has 0 bridgehead atoms. The van der Waals surface area contributed by atoms with Crippen LogP contribution in [0, 0.1) is 0 Å². The van der Waals surface area contributed by atoms with Crippen molar-refractivity contribution in [1.29, 1.82) is 0 Å². The lowest BCUT2D eigenvalue weighted by Gasteiger charge is -2.09. The smallest absolute Gasteiger partial charge is 0.423 e. The molecule has 1 aromatic carbocycles. The minimum atomic E-state index is -4.37. The number of rotatable bonds is 4. The topological polar surface area (TPSA) is 52.8 Å². The molecule has 2 N–H and O–H groups in total. The van der Waals surface area contributed by atoms with Crippen molar-refractivity contribution < 1.29 is 23.2 Å². The molecule has 0 saturated carbocycles. The summed E-state index contributed by atoms with van der Waals surface area (Å²) < 4.78 is 37.1. The van der Waals surface area contributed by atoms with Gasteiger partial charge in [0.2, 0.25) is 0 Å². The maximum absolute atomic E-state index is 12.4. The van der Waals surface area contributed by atoms with E-state index in [1.54, 1.807) is 0 Å². The molecule has 1 aromatic rings. The zero-order chi connectivity index (χ0) is 14.5. The third-order valence-corrected chi connectivity index (χ3v) is 2.46. The van der Waals surface area contributed by atoms with E-state index in [1.165, 1.54) is 31.5 Å².